The van der Waals surface area contributed by atoms with Crippen molar-refractivity contribution in [3.63, 3.8) is 0 Å². The Kier molecular flexibility index (Phi) is 6.39. The summed E-state index contributed by atoms with van der Waals surface area (Å²) in [6, 6.07) is 7.43. The van der Waals surface area contributed by atoms with Crippen LogP contribution in [0.1, 0.15) is 44.6 Å². The number of carbonyl (C=O) groups excluding carboxylic acids is 2. The van der Waals surface area contributed by atoms with Gasteiger partial charge in [-0.05, 0) is 42.5 Å². The molecule has 0 atom stereocenters. The van der Waals surface area contributed by atoms with Gasteiger partial charge in [0.15, 0.2) is 0 Å². The van der Waals surface area contributed by atoms with Gasteiger partial charge >= 0.3 is 0 Å². The highest BCUT2D eigenvalue weighted by atomic mass is 16.2. The average Bonchev–Trinajstić information content (AvgIpc) is 2.54. The zero-order chi connectivity index (χ0) is 16.7. The number of likely N-dealkylation sites (N-methyl/N-ethyl adjacent to an activating group) is 1. The van der Waals surface area contributed by atoms with Gasteiger partial charge in [-0.25, -0.2) is 0 Å². The maximum Gasteiger partial charge on any atom is 0.246 e. The van der Waals surface area contributed by atoms with Crippen LogP contribution in [0, 0.1) is 5.92 Å². The molecule has 0 heterocycles. The van der Waals surface area contributed by atoms with E-state index in [1.165, 1.54) is 39.0 Å². The standard InChI is InChI=1S/C19H26N2O2/c1-15(22)20-18-11-8-16(9-12-18)10-13-19(23)21(2)14-17-6-4-3-5-7-17/h8-13,17H,3-7,14H2,1-2H3,(H,20,22)/b13-10+. The highest BCUT2D eigenvalue weighted by Crippen LogP contribution is 2.24. The van der Waals surface area contributed by atoms with Gasteiger partial charge in [0, 0.05) is 32.3 Å². The Morgan fingerprint density at radius 2 is 1.83 bits per heavy atom. The molecular weight excluding hydrogens is 288 g/mol. The van der Waals surface area contributed by atoms with Gasteiger partial charge in [-0.1, -0.05) is 31.4 Å². The summed E-state index contributed by atoms with van der Waals surface area (Å²) in [4.78, 5) is 25.0. The van der Waals surface area contributed by atoms with E-state index < -0.39 is 0 Å². The zero-order valence-corrected chi connectivity index (χ0v) is 14.0. The number of amides is 2. The van der Waals surface area contributed by atoms with Crippen LogP contribution >= 0.6 is 0 Å². The summed E-state index contributed by atoms with van der Waals surface area (Å²) >= 11 is 0. The van der Waals surface area contributed by atoms with Gasteiger partial charge in [0.1, 0.15) is 0 Å². The summed E-state index contributed by atoms with van der Waals surface area (Å²) in [5.74, 6) is 0.609. The molecule has 0 radical (unpaired) electrons. The fourth-order valence-corrected chi connectivity index (χ4v) is 3.02. The van der Waals surface area contributed by atoms with Gasteiger partial charge in [0.2, 0.25) is 11.8 Å². The summed E-state index contributed by atoms with van der Waals surface area (Å²) in [6.07, 6.45) is 9.85. The number of nitrogens with zero attached hydrogens (tertiary/aromatic N) is 1. The third-order valence-corrected chi connectivity index (χ3v) is 4.28. The van der Waals surface area contributed by atoms with E-state index in [9.17, 15) is 9.59 Å². The van der Waals surface area contributed by atoms with E-state index in [0.717, 1.165) is 17.8 Å². The van der Waals surface area contributed by atoms with E-state index in [0.29, 0.717) is 5.92 Å². The van der Waals surface area contributed by atoms with Crippen LogP contribution in [0.2, 0.25) is 0 Å². The van der Waals surface area contributed by atoms with Crippen LogP contribution in [-0.2, 0) is 9.59 Å². The molecule has 1 fully saturated rings. The Morgan fingerprint density at radius 3 is 2.43 bits per heavy atom. The molecule has 0 saturated heterocycles. The number of nitrogens with one attached hydrogen (secondary N) is 1. The van der Waals surface area contributed by atoms with Gasteiger partial charge in [-0.3, -0.25) is 9.59 Å². The lowest BCUT2D eigenvalue weighted by atomic mass is 9.89. The molecule has 1 aliphatic carbocycles. The summed E-state index contributed by atoms with van der Waals surface area (Å²) in [5, 5.41) is 2.72. The van der Waals surface area contributed by atoms with Crippen LogP contribution in [0.5, 0.6) is 0 Å². The van der Waals surface area contributed by atoms with E-state index in [4.69, 9.17) is 0 Å². The number of rotatable bonds is 5. The predicted molar refractivity (Wildman–Crippen MR) is 94.0 cm³/mol. The van der Waals surface area contributed by atoms with Crippen molar-refractivity contribution in [2.24, 2.45) is 5.92 Å². The van der Waals surface area contributed by atoms with E-state index in [2.05, 4.69) is 5.32 Å². The number of anilines is 1. The number of benzene rings is 1. The van der Waals surface area contributed by atoms with Gasteiger partial charge in [-0.2, -0.15) is 0 Å². The van der Waals surface area contributed by atoms with E-state index in [1.807, 2.05) is 42.3 Å². The minimum atomic E-state index is -0.0900. The summed E-state index contributed by atoms with van der Waals surface area (Å²) < 4.78 is 0. The normalized spacial score (nSPS) is 15.6. The smallest absolute Gasteiger partial charge is 0.246 e. The molecule has 0 unspecified atom stereocenters. The molecule has 1 aromatic rings. The van der Waals surface area contributed by atoms with Crippen LogP contribution in [0.15, 0.2) is 30.3 Å². The van der Waals surface area contributed by atoms with Crippen LogP contribution in [-0.4, -0.2) is 30.3 Å². The molecule has 1 N–H and O–H groups in total. The van der Waals surface area contributed by atoms with E-state index in [-0.39, 0.29) is 11.8 Å². The first-order valence-corrected chi connectivity index (χ1v) is 8.35. The summed E-state index contributed by atoms with van der Waals surface area (Å²) in [7, 11) is 1.88. The lowest BCUT2D eigenvalue weighted by Gasteiger charge is -2.26. The lowest BCUT2D eigenvalue weighted by molar-refractivity contribution is -0.125. The molecule has 0 aromatic heterocycles. The van der Waals surface area contributed by atoms with Crippen LogP contribution < -0.4 is 5.32 Å². The van der Waals surface area contributed by atoms with Crippen molar-refractivity contribution in [2.45, 2.75) is 39.0 Å². The Hall–Kier alpha value is -2.10. The van der Waals surface area contributed by atoms with Crippen molar-refractivity contribution >= 4 is 23.6 Å². The highest BCUT2D eigenvalue weighted by Gasteiger charge is 2.16. The Labute approximate surface area is 138 Å². The number of carbonyl (C=O) groups is 2. The molecule has 0 aliphatic heterocycles. The molecule has 0 bridgehead atoms. The first-order chi connectivity index (χ1) is 11.0. The minimum Gasteiger partial charge on any atom is -0.342 e. The monoisotopic (exact) mass is 314 g/mol. The SMILES string of the molecule is CC(=O)Nc1ccc(/C=C/C(=O)N(C)CC2CCCCC2)cc1. The number of hydrogen-bond acceptors (Lipinski definition) is 2. The zero-order valence-electron chi connectivity index (χ0n) is 14.0. The van der Waals surface area contributed by atoms with Crippen molar-refractivity contribution in [1.29, 1.82) is 0 Å². The van der Waals surface area contributed by atoms with Gasteiger partial charge in [0.05, 0.1) is 0 Å². The second kappa shape index (κ2) is 8.51. The predicted octanol–water partition coefficient (Wildman–Crippen LogP) is 3.70. The Balaban J connectivity index is 1.85. The average molecular weight is 314 g/mol. The molecule has 4 heteroatoms. The van der Waals surface area contributed by atoms with E-state index in [1.54, 1.807) is 6.08 Å². The Morgan fingerprint density at radius 1 is 1.17 bits per heavy atom. The molecule has 1 saturated carbocycles. The van der Waals surface area contributed by atoms with Gasteiger partial charge in [-0.15, -0.1) is 0 Å². The third kappa shape index (κ3) is 5.89. The first kappa shape index (κ1) is 17.3. The quantitative estimate of drug-likeness (QED) is 0.843. The van der Waals surface area contributed by atoms with Crippen LogP contribution in [0.4, 0.5) is 5.69 Å². The molecule has 4 nitrogen and oxygen atoms in total. The topological polar surface area (TPSA) is 49.4 Å². The second-order valence-corrected chi connectivity index (χ2v) is 6.36. The van der Waals surface area contributed by atoms with Gasteiger partial charge < -0.3 is 10.2 Å². The molecule has 23 heavy (non-hydrogen) atoms. The lowest BCUT2D eigenvalue weighted by Crippen LogP contribution is -2.31. The van der Waals surface area contributed by atoms with E-state index >= 15 is 0 Å². The largest absolute Gasteiger partial charge is 0.342 e. The highest BCUT2D eigenvalue weighted by molar-refractivity contribution is 5.92. The van der Waals surface area contributed by atoms with Crippen LogP contribution in [0.3, 0.4) is 0 Å². The van der Waals surface area contributed by atoms with Crippen molar-refractivity contribution < 1.29 is 9.59 Å². The van der Waals surface area contributed by atoms with Crippen molar-refractivity contribution in [1.82, 2.24) is 4.90 Å². The molecule has 1 aromatic carbocycles. The van der Waals surface area contributed by atoms with Crippen molar-refractivity contribution in [3.8, 4) is 0 Å². The first-order valence-electron chi connectivity index (χ1n) is 8.35. The van der Waals surface area contributed by atoms with Crippen molar-refractivity contribution in [2.75, 3.05) is 18.9 Å². The molecule has 1 aliphatic rings. The molecule has 0 spiro atoms. The molecule has 2 amide bonds. The molecule has 2 rings (SSSR count). The van der Waals surface area contributed by atoms with Gasteiger partial charge in [0.25, 0.3) is 0 Å². The fourth-order valence-electron chi connectivity index (χ4n) is 3.02. The maximum atomic E-state index is 12.2. The fraction of sp³-hybridized carbons (Fsp3) is 0.474. The van der Waals surface area contributed by atoms with Crippen molar-refractivity contribution in [3.05, 3.63) is 35.9 Å². The molecular formula is C19H26N2O2. The Bertz CT molecular complexity index is 557. The number of hydrogen-bond donors (Lipinski definition) is 1. The maximum absolute atomic E-state index is 12.2. The summed E-state index contributed by atoms with van der Waals surface area (Å²) in [5.41, 5.74) is 1.70. The molecule has 124 valence electrons. The minimum absolute atomic E-state index is 0.0431. The van der Waals surface area contributed by atoms with Crippen LogP contribution in [0.25, 0.3) is 6.08 Å². The summed E-state index contributed by atoms with van der Waals surface area (Å²) in [6.45, 7) is 2.33. The third-order valence-electron chi connectivity index (χ3n) is 4.28. The second-order valence-electron chi connectivity index (χ2n) is 6.36.